The van der Waals surface area contributed by atoms with Crippen molar-refractivity contribution in [2.75, 3.05) is 0 Å². The molecule has 1 aliphatic carbocycles. The minimum atomic E-state index is -0.553. The third-order valence-electron chi connectivity index (χ3n) is 3.96. The molecule has 82 valence electrons. The third kappa shape index (κ3) is 2.38. The molecule has 1 rings (SSSR count). The molecule has 0 aliphatic heterocycles. The maximum absolute atomic E-state index is 10.3. The second-order valence-electron chi connectivity index (χ2n) is 4.70. The first kappa shape index (κ1) is 11.8. The Balaban J connectivity index is 2.54. The first-order chi connectivity index (χ1) is 6.66. The summed E-state index contributed by atoms with van der Waals surface area (Å²) in [6.07, 6.45) is 8.68. The van der Waals surface area contributed by atoms with Crippen LogP contribution >= 0.6 is 0 Å². The molecule has 1 saturated carbocycles. The highest BCUT2D eigenvalue weighted by Gasteiger charge is 2.38. The summed E-state index contributed by atoms with van der Waals surface area (Å²) in [7, 11) is 0. The molecule has 1 N–H and O–H groups in total. The summed E-state index contributed by atoms with van der Waals surface area (Å²) >= 11 is 0. The van der Waals surface area contributed by atoms with E-state index in [0.29, 0.717) is 5.92 Å². The normalized spacial score (nSPS) is 32.4. The molecule has 2 unspecified atom stereocenters. The van der Waals surface area contributed by atoms with Crippen molar-refractivity contribution in [2.24, 2.45) is 11.8 Å². The van der Waals surface area contributed by atoms with Crippen LogP contribution in [0.4, 0.5) is 0 Å². The molecule has 0 bridgehead atoms. The van der Waals surface area contributed by atoms with E-state index in [1.807, 2.05) is 0 Å². The zero-order valence-corrected chi connectivity index (χ0v) is 9.63. The SMILES string of the molecule is C=CC1(O)CCCC1CC(CC)CC. The van der Waals surface area contributed by atoms with Gasteiger partial charge in [-0.25, -0.2) is 0 Å². The molecule has 2 atom stereocenters. The van der Waals surface area contributed by atoms with Gasteiger partial charge in [0.2, 0.25) is 0 Å². The van der Waals surface area contributed by atoms with Gasteiger partial charge in [-0.1, -0.05) is 32.8 Å². The first-order valence-corrected chi connectivity index (χ1v) is 6.02. The molecule has 14 heavy (non-hydrogen) atoms. The maximum atomic E-state index is 10.3. The van der Waals surface area contributed by atoms with Crippen LogP contribution < -0.4 is 0 Å². The Morgan fingerprint density at radius 1 is 1.50 bits per heavy atom. The highest BCUT2D eigenvalue weighted by molar-refractivity contribution is 5.04. The summed E-state index contributed by atoms with van der Waals surface area (Å²) in [5.41, 5.74) is -0.553. The van der Waals surface area contributed by atoms with Crippen LogP contribution in [0.5, 0.6) is 0 Å². The van der Waals surface area contributed by atoms with Crippen molar-refractivity contribution in [1.29, 1.82) is 0 Å². The highest BCUT2D eigenvalue weighted by Crippen LogP contribution is 2.41. The van der Waals surface area contributed by atoms with E-state index in [-0.39, 0.29) is 0 Å². The van der Waals surface area contributed by atoms with Crippen LogP contribution in [-0.4, -0.2) is 10.7 Å². The van der Waals surface area contributed by atoms with Crippen molar-refractivity contribution in [2.45, 2.75) is 58.0 Å². The lowest BCUT2D eigenvalue weighted by atomic mass is 9.82. The van der Waals surface area contributed by atoms with E-state index in [0.717, 1.165) is 18.8 Å². The summed E-state index contributed by atoms with van der Waals surface area (Å²) in [6.45, 7) is 8.27. The fourth-order valence-corrected chi connectivity index (χ4v) is 2.70. The van der Waals surface area contributed by atoms with Gasteiger partial charge in [0.1, 0.15) is 0 Å². The summed E-state index contributed by atoms with van der Waals surface area (Å²) in [5.74, 6) is 1.24. The zero-order chi connectivity index (χ0) is 10.6. The van der Waals surface area contributed by atoms with Crippen molar-refractivity contribution in [1.82, 2.24) is 0 Å². The second kappa shape index (κ2) is 4.97. The quantitative estimate of drug-likeness (QED) is 0.667. The topological polar surface area (TPSA) is 20.2 Å². The summed E-state index contributed by atoms with van der Waals surface area (Å²) in [5, 5.41) is 10.3. The lowest BCUT2D eigenvalue weighted by Gasteiger charge is -2.29. The second-order valence-corrected chi connectivity index (χ2v) is 4.70. The number of aliphatic hydroxyl groups is 1. The lowest BCUT2D eigenvalue weighted by molar-refractivity contribution is 0.0396. The van der Waals surface area contributed by atoms with Crippen LogP contribution in [0.25, 0.3) is 0 Å². The van der Waals surface area contributed by atoms with E-state index in [2.05, 4.69) is 20.4 Å². The van der Waals surface area contributed by atoms with E-state index in [1.54, 1.807) is 6.08 Å². The van der Waals surface area contributed by atoms with Gasteiger partial charge in [0.25, 0.3) is 0 Å². The van der Waals surface area contributed by atoms with Crippen LogP contribution in [0.15, 0.2) is 12.7 Å². The highest BCUT2D eigenvalue weighted by atomic mass is 16.3. The van der Waals surface area contributed by atoms with Gasteiger partial charge in [-0.2, -0.15) is 0 Å². The van der Waals surface area contributed by atoms with E-state index < -0.39 is 5.60 Å². The van der Waals surface area contributed by atoms with Crippen LogP contribution in [0.1, 0.15) is 52.4 Å². The lowest BCUT2D eigenvalue weighted by Crippen LogP contribution is -2.31. The Kier molecular flexibility index (Phi) is 4.18. The molecule has 0 aromatic rings. The molecule has 0 aromatic heterocycles. The predicted molar refractivity (Wildman–Crippen MR) is 61.2 cm³/mol. The van der Waals surface area contributed by atoms with Gasteiger partial charge in [0.05, 0.1) is 5.60 Å². The van der Waals surface area contributed by atoms with Crippen molar-refractivity contribution in [3.05, 3.63) is 12.7 Å². The molecule has 0 spiro atoms. The van der Waals surface area contributed by atoms with Gasteiger partial charge in [0, 0.05) is 0 Å². The van der Waals surface area contributed by atoms with Crippen molar-refractivity contribution < 1.29 is 5.11 Å². The third-order valence-corrected chi connectivity index (χ3v) is 3.96. The summed E-state index contributed by atoms with van der Waals surface area (Å²) < 4.78 is 0. The van der Waals surface area contributed by atoms with Crippen molar-refractivity contribution in [3.8, 4) is 0 Å². The molecular weight excluding hydrogens is 172 g/mol. The van der Waals surface area contributed by atoms with Crippen LogP contribution in [0.2, 0.25) is 0 Å². The van der Waals surface area contributed by atoms with Gasteiger partial charge in [-0.15, -0.1) is 6.58 Å². The maximum Gasteiger partial charge on any atom is 0.0853 e. The van der Waals surface area contributed by atoms with Gasteiger partial charge in [0.15, 0.2) is 0 Å². The minimum absolute atomic E-state index is 0.463. The molecule has 1 nitrogen and oxygen atoms in total. The molecule has 1 fully saturated rings. The number of hydrogen-bond donors (Lipinski definition) is 1. The molecule has 0 aromatic carbocycles. The number of rotatable bonds is 5. The van der Waals surface area contributed by atoms with Crippen molar-refractivity contribution in [3.63, 3.8) is 0 Å². The molecular formula is C13H24O. The van der Waals surface area contributed by atoms with Crippen LogP contribution in [-0.2, 0) is 0 Å². The molecule has 0 saturated heterocycles. The van der Waals surface area contributed by atoms with Gasteiger partial charge in [-0.05, 0) is 37.5 Å². The van der Waals surface area contributed by atoms with E-state index in [9.17, 15) is 5.11 Å². The molecule has 1 aliphatic rings. The summed E-state index contributed by atoms with van der Waals surface area (Å²) in [4.78, 5) is 0. The fourth-order valence-electron chi connectivity index (χ4n) is 2.70. The number of hydrogen-bond acceptors (Lipinski definition) is 1. The molecule has 0 radical (unpaired) electrons. The largest absolute Gasteiger partial charge is 0.386 e. The Morgan fingerprint density at radius 2 is 2.14 bits per heavy atom. The standard InChI is InChI=1S/C13H24O/c1-4-11(5-2)10-12-8-7-9-13(12,14)6-3/h6,11-12,14H,3-5,7-10H2,1-2H3. The average Bonchev–Trinajstić information content (AvgIpc) is 2.57. The minimum Gasteiger partial charge on any atom is -0.386 e. The van der Waals surface area contributed by atoms with Crippen LogP contribution in [0, 0.1) is 11.8 Å². The smallest absolute Gasteiger partial charge is 0.0853 e. The first-order valence-electron chi connectivity index (χ1n) is 6.02. The fraction of sp³-hybridized carbons (Fsp3) is 0.846. The average molecular weight is 196 g/mol. The predicted octanol–water partition coefficient (Wildman–Crippen LogP) is 3.53. The van der Waals surface area contributed by atoms with E-state index in [4.69, 9.17) is 0 Å². The Morgan fingerprint density at radius 3 is 2.64 bits per heavy atom. The summed E-state index contributed by atoms with van der Waals surface area (Å²) in [6, 6.07) is 0. The van der Waals surface area contributed by atoms with E-state index >= 15 is 0 Å². The monoisotopic (exact) mass is 196 g/mol. The molecule has 1 heteroatoms. The Hall–Kier alpha value is -0.300. The van der Waals surface area contributed by atoms with Gasteiger partial charge >= 0.3 is 0 Å². The Bertz CT molecular complexity index is 184. The van der Waals surface area contributed by atoms with Gasteiger partial charge in [-0.3, -0.25) is 0 Å². The van der Waals surface area contributed by atoms with E-state index in [1.165, 1.54) is 25.7 Å². The van der Waals surface area contributed by atoms with Crippen molar-refractivity contribution >= 4 is 0 Å². The molecule has 0 amide bonds. The van der Waals surface area contributed by atoms with Gasteiger partial charge < -0.3 is 5.11 Å². The zero-order valence-electron chi connectivity index (χ0n) is 9.63. The molecule has 0 heterocycles. The Labute approximate surface area is 88.2 Å². The van der Waals surface area contributed by atoms with Crippen LogP contribution in [0.3, 0.4) is 0 Å².